The van der Waals surface area contributed by atoms with Crippen molar-refractivity contribution in [2.45, 2.75) is 45.3 Å². The number of hydrogen-bond donors (Lipinski definition) is 2. The third-order valence-electron chi connectivity index (χ3n) is 4.44. The lowest BCUT2D eigenvalue weighted by Gasteiger charge is -2.12. The fraction of sp³-hybridized carbons (Fsp3) is 0.625. The summed E-state index contributed by atoms with van der Waals surface area (Å²) in [6.45, 7) is 2.33. The van der Waals surface area contributed by atoms with E-state index in [9.17, 15) is 22.8 Å². The van der Waals surface area contributed by atoms with Crippen LogP contribution < -0.4 is 22.3 Å². The van der Waals surface area contributed by atoms with Crippen molar-refractivity contribution >= 4 is 21.6 Å². The maximum absolute atomic E-state index is 12.9. The normalized spacial score (nSPS) is 15.0. The molecule has 0 aliphatic heterocycles. The van der Waals surface area contributed by atoms with E-state index in [4.69, 9.17) is 5.73 Å². The second-order valence-corrected chi connectivity index (χ2v) is 7.51. The molecule has 0 aromatic carbocycles. The van der Waals surface area contributed by atoms with Crippen LogP contribution in [-0.4, -0.2) is 35.2 Å². The van der Waals surface area contributed by atoms with Crippen LogP contribution in [0.5, 0.6) is 0 Å². The third kappa shape index (κ3) is 4.26. The van der Waals surface area contributed by atoms with E-state index >= 15 is 0 Å². The summed E-state index contributed by atoms with van der Waals surface area (Å²) in [5.74, 6) is 0. The van der Waals surface area contributed by atoms with E-state index in [-0.39, 0.29) is 18.1 Å². The molecule has 27 heavy (non-hydrogen) atoms. The summed E-state index contributed by atoms with van der Waals surface area (Å²) in [6.07, 6.45) is -3.34. The van der Waals surface area contributed by atoms with Gasteiger partial charge in [0.1, 0.15) is 4.83 Å². The first-order chi connectivity index (χ1) is 12.7. The molecule has 0 atom stereocenters. The minimum Gasteiger partial charge on any atom is -0.329 e. The molecule has 2 aromatic heterocycles. The lowest BCUT2D eigenvalue weighted by Crippen LogP contribution is -2.40. The van der Waals surface area contributed by atoms with Crippen LogP contribution in [-0.2, 0) is 17.8 Å². The first kappa shape index (κ1) is 20.1. The van der Waals surface area contributed by atoms with Gasteiger partial charge < -0.3 is 11.1 Å². The van der Waals surface area contributed by atoms with Crippen molar-refractivity contribution in [1.29, 1.82) is 0 Å². The topological polar surface area (TPSA) is 91.3 Å². The predicted octanol–water partition coefficient (Wildman–Crippen LogP) is 1.45. The highest BCUT2D eigenvalue weighted by molar-refractivity contribution is 7.18. The van der Waals surface area contributed by atoms with Crippen LogP contribution in [0.1, 0.15) is 29.3 Å². The number of halogens is 3. The van der Waals surface area contributed by atoms with Crippen LogP contribution in [0.4, 0.5) is 13.2 Å². The average molecular weight is 406 g/mol. The first-order valence-corrected chi connectivity index (χ1v) is 9.45. The van der Waals surface area contributed by atoms with E-state index in [1.54, 1.807) is 6.92 Å². The van der Waals surface area contributed by atoms with Crippen LogP contribution in [0.3, 0.4) is 0 Å². The van der Waals surface area contributed by atoms with Gasteiger partial charge in [-0.1, -0.05) is 0 Å². The molecule has 1 fully saturated rings. The Morgan fingerprint density at radius 2 is 2.04 bits per heavy atom. The van der Waals surface area contributed by atoms with Crippen LogP contribution in [0, 0.1) is 6.92 Å². The van der Waals surface area contributed by atoms with Gasteiger partial charge in [0.15, 0.2) is 0 Å². The Hall–Kier alpha value is -1.69. The number of aryl methyl sites for hydroxylation is 1. The zero-order valence-corrected chi connectivity index (χ0v) is 15.6. The largest absolute Gasteiger partial charge is 0.522 e. The summed E-state index contributed by atoms with van der Waals surface area (Å²) < 4.78 is 43.2. The number of rotatable bonds is 8. The molecule has 11 heteroatoms. The van der Waals surface area contributed by atoms with E-state index in [1.165, 1.54) is 20.5 Å². The molecule has 0 spiro atoms. The molecule has 0 unspecified atom stereocenters. The van der Waals surface area contributed by atoms with Gasteiger partial charge in [0.25, 0.3) is 5.56 Å². The molecule has 2 aromatic rings. The minimum absolute atomic E-state index is 0.178. The number of fused-ring (bicyclic) bond motifs is 1. The second kappa shape index (κ2) is 7.74. The Morgan fingerprint density at radius 1 is 1.33 bits per heavy atom. The molecule has 1 saturated carbocycles. The van der Waals surface area contributed by atoms with E-state index < -0.39 is 18.7 Å². The molecule has 1 aliphatic rings. The number of nitrogens with zero attached hydrogens (tertiary/aromatic N) is 2. The molecule has 2 heterocycles. The molecular formula is C16H21F3N4O3S. The van der Waals surface area contributed by atoms with Crippen LogP contribution >= 0.6 is 11.3 Å². The first-order valence-electron chi connectivity index (χ1n) is 8.63. The molecule has 7 nitrogen and oxygen atoms in total. The predicted molar refractivity (Wildman–Crippen MR) is 96.1 cm³/mol. The van der Waals surface area contributed by atoms with E-state index in [0.29, 0.717) is 42.7 Å². The fourth-order valence-electron chi connectivity index (χ4n) is 2.99. The van der Waals surface area contributed by atoms with Crippen molar-refractivity contribution in [3.63, 3.8) is 0 Å². The Kier molecular flexibility index (Phi) is 5.75. The Bertz CT molecular complexity index is 943. The van der Waals surface area contributed by atoms with Crippen molar-refractivity contribution in [3.05, 3.63) is 31.3 Å². The molecule has 0 saturated heterocycles. The molecule has 1 aliphatic carbocycles. The Balaban J connectivity index is 2.06. The van der Waals surface area contributed by atoms with Gasteiger partial charge in [-0.05, 0) is 25.3 Å². The van der Waals surface area contributed by atoms with Gasteiger partial charge in [-0.2, -0.15) is 0 Å². The number of aromatic nitrogens is 2. The zero-order valence-electron chi connectivity index (χ0n) is 14.8. The van der Waals surface area contributed by atoms with Gasteiger partial charge >= 0.3 is 12.1 Å². The summed E-state index contributed by atoms with van der Waals surface area (Å²) in [5, 5.41) is 3.53. The number of hydrogen-bond acceptors (Lipinski definition) is 6. The highest BCUT2D eigenvalue weighted by atomic mass is 32.1. The van der Waals surface area contributed by atoms with Gasteiger partial charge in [0.2, 0.25) is 0 Å². The lowest BCUT2D eigenvalue weighted by molar-refractivity contribution is -0.325. The summed E-state index contributed by atoms with van der Waals surface area (Å²) in [7, 11) is 0. The Labute approximate surface area is 156 Å². The summed E-state index contributed by atoms with van der Waals surface area (Å²) in [6, 6.07) is -0.178. The molecular weight excluding hydrogens is 385 g/mol. The lowest BCUT2D eigenvalue weighted by atomic mass is 10.2. The number of nitrogens with two attached hydrogens (primary N) is 1. The molecule has 150 valence electrons. The van der Waals surface area contributed by atoms with E-state index in [2.05, 4.69) is 10.1 Å². The standard InChI is InChI=1S/C16H21F3N4O3S/c1-9-11(8-21-5-4-20)27-14-12(9)13(24)23(10-2-3-10)15(25)22(14)6-7-26-16(17,18)19/h10,21H,2-8,20H2,1H3. The quantitative estimate of drug-likeness (QED) is 0.648. The van der Waals surface area contributed by atoms with Crippen molar-refractivity contribution in [3.8, 4) is 0 Å². The van der Waals surface area contributed by atoms with Crippen LogP contribution in [0.15, 0.2) is 9.59 Å². The summed E-state index contributed by atoms with van der Waals surface area (Å²) in [4.78, 5) is 26.9. The van der Waals surface area contributed by atoms with Gasteiger partial charge in [-0.15, -0.1) is 24.5 Å². The third-order valence-corrected chi connectivity index (χ3v) is 5.76. The molecule has 3 rings (SSSR count). The molecule has 0 radical (unpaired) electrons. The van der Waals surface area contributed by atoms with Gasteiger partial charge in [-0.3, -0.25) is 18.7 Å². The van der Waals surface area contributed by atoms with E-state index in [1.807, 2.05) is 0 Å². The SMILES string of the molecule is Cc1c(CNCCN)sc2c1c(=O)n(C1CC1)c(=O)n2CCOC(F)(F)F. The second-order valence-electron chi connectivity index (χ2n) is 6.43. The fourth-order valence-corrected chi connectivity index (χ4v) is 4.27. The number of ether oxygens (including phenoxy) is 1. The number of alkyl halides is 3. The minimum atomic E-state index is -4.77. The monoisotopic (exact) mass is 406 g/mol. The van der Waals surface area contributed by atoms with Crippen molar-refractivity contribution in [1.82, 2.24) is 14.5 Å². The van der Waals surface area contributed by atoms with Crippen molar-refractivity contribution in [2.24, 2.45) is 5.73 Å². The molecule has 0 amide bonds. The van der Waals surface area contributed by atoms with E-state index in [0.717, 1.165) is 10.4 Å². The van der Waals surface area contributed by atoms with Crippen molar-refractivity contribution < 1.29 is 17.9 Å². The van der Waals surface area contributed by atoms with Gasteiger partial charge in [0, 0.05) is 30.6 Å². The van der Waals surface area contributed by atoms with Crippen LogP contribution in [0.25, 0.3) is 10.2 Å². The summed E-state index contributed by atoms with van der Waals surface area (Å²) in [5.41, 5.74) is 5.25. The molecule has 3 N–H and O–H groups in total. The zero-order chi connectivity index (χ0) is 19.8. The maximum atomic E-state index is 12.9. The summed E-state index contributed by atoms with van der Waals surface area (Å²) >= 11 is 1.24. The molecule has 0 bridgehead atoms. The average Bonchev–Trinajstić information content (AvgIpc) is 3.35. The number of thiophene rings is 1. The van der Waals surface area contributed by atoms with Crippen molar-refractivity contribution in [2.75, 3.05) is 19.7 Å². The van der Waals surface area contributed by atoms with Crippen LogP contribution in [0.2, 0.25) is 0 Å². The highest BCUT2D eigenvalue weighted by Crippen LogP contribution is 2.34. The van der Waals surface area contributed by atoms with Gasteiger partial charge in [0.05, 0.1) is 18.5 Å². The highest BCUT2D eigenvalue weighted by Gasteiger charge is 2.31. The smallest absolute Gasteiger partial charge is 0.329 e. The number of nitrogens with one attached hydrogen (secondary N) is 1. The maximum Gasteiger partial charge on any atom is 0.522 e. The Morgan fingerprint density at radius 3 is 2.63 bits per heavy atom. The van der Waals surface area contributed by atoms with Gasteiger partial charge in [-0.25, -0.2) is 4.79 Å².